The van der Waals surface area contributed by atoms with Gasteiger partial charge in [0.15, 0.2) is 0 Å². The number of amides is 1. The van der Waals surface area contributed by atoms with Crippen LogP contribution >= 0.6 is 0 Å². The number of para-hydroxylation sites is 2. The molecular formula is C19H20N2O2. The third-order valence-electron chi connectivity index (χ3n) is 3.77. The number of aromatic nitrogens is 1. The van der Waals surface area contributed by atoms with Gasteiger partial charge in [0.25, 0.3) is 5.91 Å². The average molecular weight is 308 g/mol. The Bertz CT molecular complexity index is 807. The van der Waals surface area contributed by atoms with Gasteiger partial charge in [-0.2, -0.15) is 0 Å². The van der Waals surface area contributed by atoms with Crippen LogP contribution < -0.4 is 4.74 Å². The maximum absolute atomic E-state index is 12.3. The highest BCUT2D eigenvalue weighted by molar-refractivity contribution is 6.06. The van der Waals surface area contributed by atoms with Crippen molar-refractivity contribution in [2.24, 2.45) is 0 Å². The number of hydrogen-bond acceptors (Lipinski definition) is 2. The lowest BCUT2D eigenvalue weighted by Gasteiger charge is -2.09. The first-order valence-electron chi connectivity index (χ1n) is 7.64. The number of carbonyl (C=O) groups excluding carboxylic acids is 1. The smallest absolute Gasteiger partial charge is 0.255 e. The van der Waals surface area contributed by atoms with Crippen molar-refractivity contribution in [1.29, 1.82) is 0 Å². The minimum absolute atomic E-state index is 0.0175. The molecule has 2 aromatic carbocycles. The van der Waals surface area contributed by atoms with Gasteiger partial charge in [0, 0.05) is 31.2 Å². The number of ether oxygens (including phenoxy) is 1. The van der Waals surface area contributed by atoms with E-state index in [0.717, 1.165) is 22.2 Å². The van der Waals surface area contributed by atoms with Crippen molar-refractivity contribution in [3.8, 4) is 5.75 Å². The molecule has 0 N–H and O–H groups in total. The van der Waals surface area contributed by atoms with E-state index in [-0.39, 0.29) is 5.91 Å². The number of fused-ring (bicyclic) bond motifs is 1. The molecule has 4 heteroatoms. The number of rotatable bonds is 5. The fourth-order valence-electron chi connectivity index (χ4n) is 2.62. The number of carbonyl (C=O) groups is 1. The van der Waals surface area contributed by atoms with E-state index in [1.807, 2.05) is 60.8 Å². The first kappa shape index (κ1) is 15.2. The number of hydrogen-bond donors (Lipinski definition) is 0. The molecule has 0 radical (unpaired) electrons. The van der Waals surface area contributed by atoms with Gasteiger partial charge < -0.3 is 14.2 Å². The second-order valence-electron chi connectivity index (χ2n) is 5.61. The number of benzene rings is 2. The Labute approximate surface area is 135 Å². The molecule has 0 saturated carbocycles. The molecule has 3 aromatic rings. The maximum atomic E-state index is 12.3. The summed E-state index contributed by atoms with van der Waals surface area (Å²) in [5.41, 5.74) is 1.78. The van der Waals surface area contributed by atoms with E-state index in [9.17, 15) is 4.79 Å². The molecule has 0 spiro atoms. The predicted octanol–water partition coefficient (Wildman–Crippen LogP) is 3.42. The van der Waals surface area contributed by atoms with Crippen molar-refractivity contribution in [2.75, 3.05) is 20.7 Å². The average Bonchev–Trinajstić information content (AvgIpc) is 2.94. The van der Waals surface area contributed by atoms with Crippen molar-refractivity contribution < 1.29 is 9.53 Å². The second kappa shape index (κ2) is 6.57. The van der Waals surface area contributed by atoms with Crippen molar-refractivity contribution in [1.82, 2.24) is 9.47 Å². The molecule has 1 amide bonds. The maximum Gasteiger partial charge on any atom is 0.255 e. The zero-order valence-corrected chi connectivity index (χ0v) is 13.4. The first-order valence-corrected chi connectivity index (χ1v) is 7.64. The van der Waals surface area contributed by atoms with E-state index < -0.39 is 0 Å². The lowest BCUT2D eigenvalue weighted by Crippen LogP contribution is -2.21. The quantitative estimate of drug-likeness (QED) is 0.724. The van der Waals surface area contributed by atoms with E-state index in [2.05, 4.69) is 4.57 Å². The predicted molar refractivity (Wildman–Crippen MR) is 91.9 cm³/mol. The zero-order valence-electron chi connectivity index (χ0n) is 13.4. The van der Waals surface area contributed by atoms with Gasteiger partial charge in [-0.15, -0.1) is 0 Å². The third kappa shape index (κ3) is 3.21. The summed E-state index contributed by atoms with van der Waals surface area (Å²) in [6, 6.07) is 17.7. The summed E-state index contributed by atoms with van der Waals surface area (Å²) in [5, 5.41) is 0.978. The van der Waals surface area contributed by atoms with Crippen LogP contribution in [0.15, 0.2) is 60.8 Å². The van der Waals surface area contributed by atoms with Crippen LogP contribution in [0.5, 0.6) is 5.75 Å². The first-order chi connectivity index (χ1) is 11.2. The highest BCUT2D eigenvalue weighted by atomic mass is 16.5. The summed E-state index contributed by atoms with van der Waals surface area (Å²) in [7, 11) is 3.54. The molecule has 23 heavy (non-hydrogen) atoms. The molecule has 4 nitrogen and oxygen atoms in total. The van der Waals surface area contributed by atoms with Crippen LogP contribution in [0.2, 0.25) is 0 Å². The topological polar surface area (TPSA) is 34.5 Å². The summed E-state index contributed by atoms with van der Waals surface area (Å²) in [6.07, 6.45) is 1.92. The van der Waals surface area contributed by atoms with Gasteiger partial charge in [-0.3, -0.25) is 4.79 Å². The van der Waals surface area contributed by atoms with E-state index in [0.29, 0.717) is 13.2 Å². The largest absolute Gasteiger partial charge is 0.492 e. The van der Waals surface area contributed by atoms with Crippen molar-refractivity contribution in [2.45, 2.75) is 6.54 Å². The molecule has 0 atom stereocenters. The molecule has 0 aliphatic rings. The Kier molecular flexibility index (Phi) is 4.33. The van der Waals surface area contributed by atoms with Gasteiger partial charge in [0.1, 0.15) is 12.4 Å². The minimum Gasteiger partial charge on any atom is -0.492 e. The number of nitrogens with zero attached hydrogens (tertiary/aromatic N) is 2. The molecule has 118 valence electrons. The van der Waals surface area contributed by atoms with Gasteiger partial charge in [-0.05, 0) is 18.2 Å². The second-order valence-corrected chi connectivity index (χ2v) is 5.61. The molecule has 0 unspecified atom stereocenters. The lowest BCUT2D eigenvalue weighted by molar-refractivity contribution is 0.0829. The molecule has 3 rings (SSSR count). The van der Waals surface area contributed by atoms with Gasteiger partial charge in [0.2, 0.25) is 0 Å². The molecule has 1 heterocycles. The summed E-state index contributed by atoms with van der Waals surface area (Å²) < 4.78 is 7.84. The van der Waals surface area contributed by atoms with Crippen LogP contribution in [0.1, 0.15) is 10.4 Å². The van der Waals surface area contributed by atoms with Gasteiger partial charge in [0.05, 0.1) is 12.1 Å². The molecular weight excluding hydrogens is 288 g/mol. The van der Waals surface area contributed by atoms with Crippen LogP contribution in [-0.2, 0) is 6.54 Å². The van der Waals surface area contributed by atoms with E-state index in [1.165, 1.54) is 0 Å². The van der Waals surface area contributed by atoms with E-state index in [4.69, 9.17) is 4.74 Å². The summed E-state index contributed by atoms with van der Waals surface area (Å²) >= 11 is 0. The van der Waals surface area contributed by atoms with Crippen molar-refractivity contribution in [3.05, 3.63) is 66.4 Å². The van der Waals surface area contributed by atoms with Gasteiger partial charge in [-0.25, -0.2) is 0 Å². The molecule has 0 saturated heterocycles. The Morgan fingerprint density at radius 2 is 1.74 bits per heavy atom. The van der Waals surface area contributed by atoms with Crippen molar-refractivity contribution in [3.63, 3.8) is 0 Å². The van der Waals surface area contributed by atoms with Gasteiger partial charge >= 0.3 is 0 Å². The van der Waals surface area contributed by atoms with Crippen LogP contribution in [0.3, 0.4) is 0 Å². The Morgan fingerprint density at radius 1 is 1.04 bits per heavy atom. The highest BCUT2D eigenvalue weighted by Crippen LogP contribution is 2.22. The van der Waals surface area contributed by atoms with Crippen LogP contribution in [0.4, 0.5) is 0 Å². The van der Waals surface area contributed by atoms with Gasteiger partial charge in [-0.1, -0.05) is 36.4 Å². The SMILES string of the molecule is CN(C)C(=O)c1cn(CCOc2ccccc2)c2ccccc12. The standard InChI is InChI=1S/C19H20N2O2/c1-20(2)19(22)17-14-21(18-11-7-6-10-16(17)18)12-13-23-15-8-4-3-5-9-15/h3-11,14H,12-13H2,1-2H3. The summed E-state index contributed by atoms with van der Waals surface area (Å²) in [4.78, 5) is 14.0. The molecule has 0 aliphatic carbocycles. The van der Waals surface area contributed by atoms with Crippen LogP contribution in [0, 0.1) is 0 Å². The fourth-order valence-corrected chi connectivity index (χ4v) is 2.62. The Balaban J connectivity index is 1.82. The highest BCUT2D eigenvalue weighted by Gasteiger charge is 2.16. The van der Waals surface area contributed by atoms with E-state index >= 15 is 0 Å². The molecule has 1 aromatic heterocycles. The lowest BCUT2D eigenvalue weighted by atomic mass is 10.1. The Morgan fingerprint density at radius 3 is 2.48 bits per heavy atom. The summed E-state index contributed by atoms with van der Waals surface area (Å²) in [6.45, 7) is 1.24. The zero-order chi connectivity index (χ0) is 16.2. The Hall–Kier alpha value is -2.75. The van der Waals surface area contributed by atoms with Crippen molar-refractivity contribution >= 4 is 16.8 Å². The van der Waals surface area contributed by atoms with Crippen LogP contribution in [-0.4, -0.2) is 36.1 Å². The molecule has 0 aliphatic heterocycles. The monoisotopic (exact) mass is 308 g/mol. The third-order valence-corrected chi connectivity index (χ3v) is 3.77. The van der Waals surface area contributed by atoms with E-state index in [1.54, 1.807) is 19.0 Å². The molecule has 0 bridgehead atoms. The molecule has 0 fully saturated rings. The fraction of sp³-hybridized carbons (Fsp3) is 0.211. The summed E-state index contributed by atoms with van der Waals surface area (Å²) in [5.74, 6) is 0.873. The van der Waals surface area contributed by atoms with Crippen LogP contribution in [0.25, 0.3) is 10.9 Å². The normalized spacial score (nSPS) is 10.7. The minimum atomic E-state index is 0.0175.